The third kappa shape index (κ3) is 4.37. The van der Waals surface area contributed by atoms with Gasteiger partial charge in [0, 0.05) is 11.3 Å². The van der Waals surface area contributed by atoms with Gasteiger partial charge < -0.3 is 14.8 Å². The molecule has 4 atom stereocenters. The molecule has 38 heavy (non-hydrogen) atoms. The number of methoxy groups -OCH3 is 1. The van der Waals surface area contributed by atoms with E-state index in [0.717, 1.165) is 37.9 Å². The zero-order chi connectivity index (χ0) is 26.4. The summed E-state index contributed by atoms with van der Waals surface area (Å²) >= 11 is 1.63. The molecular weight excluding hydrogens is 494 g/mol. The summed E-state index contributed by atoms with van der Waals surface area (Å²) in [6, 6.07) is 6.63. The van der Waals surface area contributed by atoms with Crippen molar-refractivity contribution in [3.05, 3.63) is 45.3 Å². The number of fused-ring (bicyclic) bond motifs is 7. The van der Waals surface area contributed by atoms with E-state index in [0.29, 0.717) is 47.3 Å². The van der Waals surface area contributed by atoms with Gasteiger partial charge in [-0.1, -0.05) is 38.7 Å². The van der Waals surface area contributed by atoms with Gasteiger partial charge in [0.2, 0.25) is 5.91 Å². The molecule has 204 valence electrons. The van der Waals surface area contributed by atoms with Crippen molar-refractivity contribution >= 4 is 28.2 Å². The zero-order valence-corrected chi connectivity index (χ0v) is 23.9. The summed E-state index contributed by atoms with van der Waals surface area (Å²) in [5.74, 6) is 3.07. The molecule has 2 fully saturated rings. The Balaban J connectivity index is 1.27. The van der Waals surface area contributed by atoms with E-state index in [4.69, 9.17) is 9.47 Å². The molecule has 1 aromatic heterocycles. The Labute approximate surface area is 230 Å². The lowest BCUT2D eigenvalue weighted by atomic mass is 9.54. The lowest BCUT2D eigenvalue weighted by molar-refractivity contribution is -0.116. The first-order valence-corrected chi connectivity index (χ1v) is 15.5. The predicted octanol–water partition coefficient (Wildman–Crippen LogP) is 7.41. The SMILES string of the molecule is CCOC(=O)c1c(NC(=O)CCC2CCCC2)sc2c1[C@]1(C)CC[C@H]3c4ccc(OC)cc4CC[C@@H]3[C@@H]1C2. The molecule has 0 unspecified atom stereocenters. The van der Waals surface area contributed by atoms with Crippen LogP contribution in [0.15, 0.2) is 18.2 Å². The molecular formula is C32H41NO4S. The molecule has 1 amide bonds. The highest BCUT2D eigenvalue weighted by Gasteiger charge is 2.55. The molecule has 0 saturated heterocycles. The molecule has 6 rings (SSSR count). The maximum absolute atomic E-state index is 13.4. The Morgan fingerprint density at radius 3 is 2.74 bits per heavy atom. The molecule has 0 spiro atoms. The van der Waals surface area contributed by atoms with Crippen LogP contribution < -0.4 is 10.1 Å². The largest absolute Gasteiger partial charge is 0.497 e. The van der Waals surface area contributed by atoms with Crippen molar-refractivity contribution in [2.45, 2.75) is 95.8 Å². The van der Waals surface area contributed by atoms with Crippen LogP contribution in [0, 0.1) is 17.8 Å². The standard InChI is InChI=1S/C32H41NO4S/c1-4-37-31(35)28-29-26(38-30(28)33-27(34)14-9-19-7-5-6-8-19)18-25-24-12-10-20-17-21(36-3)11-13-22(20)23(24)15-16-32(25,29)2/h11,13,17,19,23-25H,4-10,12,14-16,18H2,1-3H3,(H,33,34)/t23-,24-,25-,32+/m0/s1. The quantitative estimate of drug-likeness (QED) is 0.375. The highest BCUT2D eigenvalue weighted by molar-refractivity contribution is 7.17. The highest BCUT2D eigenvalue weighted by Crippen LogP contribution is 2.63. The molecule has 4 aliphatic carbocycles. The molecule has 2 aromatic rings. The minimum absolute atomic E-state index is 0.0344. The second-order valence-corrected chi connectivity index (χ2v) is 13.3. The molecule has 6 heteroatoms. The second-order valence-electron chi connectivity index (χ2n) is 12.2. The van der Waals surface area contributed by atoms with E-state index in [1.807, 2.05) is 6.92 Å². The number of hydrogen-bond donors (Lipinski definition) is 1. The van der Waals surface area contributed by atoms with Crippen molar-refractivity contribution in [1.29, 1.82) is 0 Å². The summed E-state index contributed by atoms with van der Waals surface area (Å²) in [5, 5.41) is 3.88. The van der Waals surface area contributed by atoms with Crippen LogP contribution in [0.4, 0.5) is 5.00 Å². The van der Waals surface area contributed by atoms with Gasteiger partial charge in [-0.3, -0.25) is 4.79 Å². The number of carbonyl (C=O) groups excluding carboxylic acids is 2. The number of thiophene rings is 1. The average molecular weight is 536 g/mol. The molecule has 1 aromatic carbocycles. The van der Waals surface area contributed by atoms with E-state index in [2.05, 4.69) is 30.4 Å². The zero-order valence-electron chi connectivity index (χ0n) is 23.1. The van der Waals surface area contributed by atoms with E-state index in [1.54, 1.807) is 18.4 Å². The van der Waals surface area contributed by atoms with Crippen LogP contribution >= 0.6 is 11.3 Å². The van der Waals surface area contributed by atoms with Gasteiger partial charge in [0.1, 0.15) is 10.8 Å². The molecule has 1 heterocycles. The Bertz CT molecular complexity index is 1230. The van der Waals surface area contributed by atoms with Crippen molar-refractivity contribution < 1.29 is 19.1 Å². The number of amides is 1. The molecule has 5 nitrogen and oxygen atoms in total. The fourth-order valence-corrected chi connectivity index (χ4v) is 9.83. The summed E-state index contributed by atoms with van der Waals surface area (Å²) in [4.78, 5) is 27.6. The third-order valence-electron chi connectivity index (χ3n) is 10.3. The lowest BCUT2D eigenvalue weighted by Crippen LogP contribution is -2.43. The third-order valence-corrected chi connectivity index (χ3v) is 11.4. The summed E-state index contributed by atoms with van der Waals surface area (Å²) in [7, 11) is 1.74. The van der Waals surface area contributed by atoms with Crippen LogP contribution in [0.2, 0.25) is 0 Å². The van der Waals surface area contributed by atoms with Crippen molar-refractivity contribution in [2.75, 3.05) is 19.0 Å². The topological polar surface area (TPSA) is 64.6 Å². The molecule has 1 N–H and O–H groups in total. The van der Waals surface area contributed by atoms with E-state index in [-0.39, 0.29) is 17.3 Å². The number of carbonyl (C=O) groups is 2. The fourth-order valence-electron chi connectivity index (χ4n) is 8.43. The van der Waals surface area contributed by atoms with Gasteiger partial charge in [-0.2, -0.15) is 0 Å². The van der Waals surface area contributed by atoms with E-state index in [9.17, 15) is 9.59 Å². The van der Waals surface area contributed by atoms with Crippen LogP contribution in [0.5, 0.6) is 5.75 Å². The fraction of sp³-hybridized carbons (Fsp3) is 0.625. The summed E-state index contributed by atoms with van der Waals surface area (Å²) in [5.41, 5.74) is 4.70. The number of anilines is 1. The van der Waals surface area contributed by atoms with Crippen LogP contribution in [0.3, 0.4) is 0 Å². The Kier molecular flexibility index (Phi) is 7.04. The monoisotopic (exact) mass is 535 g/mol. The van der Waals surface area contributed by atoms with Gasteiger partial charge in [-0.25, -0.2) is 4.79 Å². The normalized spacial score (nSPS) is 27.7. The molecule has 4 aliphatic rings. The number of ether oxygens (including phenoxy) is 2. The van der Waals surface area contributed by atoms with Gasteiger partial charge in [0.25, 0.3) is 0 Å². The molecule has 2 saturated carbocycles. The number of aryl methyl sites for hydroxylation is 1. The first-order valence-electron chi connectivity index (χ1n) is 14.7. The lowest BCUT2D eigenvalue weighted by Gasteiger charge is -2.49. The van der Waals surface area contributed by atoms with Gasteiger partial charge in [0.05, 0.1) is 19.3 Å². The van der Waals surface area contributed by atoms with E-state index < -0.39 is 0 Å². The van der Waals surface area contributed by atoms with Gasteiger partial charge in [0.15, 0.2) is 0 Å². The average Bonchev–Trinajstić information content (AvgIpc) is 3.62. The van der Waals surface area contributed by atoms with E-state index >= 15 is 0 Å². The second kappa shape index (κ2) is 10.3. The van der Waals surface area contributed by atoms with Crippen molar-refractivity contribution in [3.63, 3.8) is 0 Å². The minimum atomic E-state index is -0.277. The first-order chi connectivity index (χ1) is 18.4. The van der Waals surface area contributed by atoms with Gasteiger partial charge in [-0.05, 0) is 103 Å². The van der Waals surface area contributed by atoms with Gasteiger partial charge in [-0.15, -0.1) is 11.3 Å². The number of benzene rings is 1. The maximum atomic E-state index is 13.4. The highest BCUT2D eigenvalue weighted by atomic mass is 32.1. The van der Waals surface area contributed by atoms with Crippen molar-refractivity contribution in [2.24, 2.45) is 17.8 Å². The maximum Gasteiger partial charge on any atom is 0.341 e. The minimum Gasteiger partial charge on any atom is -0.497 e. The number of hydrogen-bond acceptors (Lipinski definition) is 5. The Morgan fingerprint density at radius 2 is 1.97 bits per heavy atom. The van der Waals surface area contributed by atoms with E-state index in [1.165, 1.54) is 53.7 Å². The molecule has 0 aliphatic heterocycles. The van der Waals surface area contributed by atoms with Crippen LogP contribution in [-0.2, 0) is 27.8 Å². The Hall–Kier alpha value is -2.34. The predicted molar refractivity (Wildman–Crippen MR) is 151 cm³/mol. The van der Waals surface area contributed by atoms with Gasteiger partial charge >= 0.3 is 5.97 Å². The number of nitrogens with one attached hydrogen (secondary N) is 1. The molecule has 0 bridgehead atoms. The Morgan fingerprint density at radius 1 is 1.16 bits per heavy atom. The first kappa shape index (κ1) is 25.9. The van der Waals surface area contributed by atoms with Crippen LogP contribution in [0.25, 0.3) is 0 Å². The summed E-state index contributed by atoms with van der Waals surface area (Å²) in [6.07, 6.45) is 12.0. The van der Waals surface area contributed by atoms with Crippen molar-refractivity contribution in [3.8, 4) is 5.75 Å². The number of esters is 1. The van der Waals surface area contributed by atoms with Crippen LogP contribution in [-0.4, -0.2) is 25.6 Å². The van der Waals surface area contributed by atoms with Crippen LogP contribution in [0.1, 0.15) is 109 Å². The number of rotatable bonds is 7. The van der Waals surface area contributed by atoms with Crippen molar-refractivity contribution in [1.82, 2.24) is 0 Å². The smallest absolute Gasteiger partial charge is 0.341 e. The molecule has 0 radical (unpaired) electrons. The summed E-state index contributed by atoms with van der Waals surface area (Å²) < 4.78 is 11.1. The summed E-state index contributed by atoms with van der Waals surface area (Å²) in [6.45, 7) is 4.57.